The molecule has 1 N–H and O–H groups in total. The maximum Gasteiger partial charge on any atom is 0.263 e. The molecule has 1 aliphatic carbocycles. The van der Waals surface area contributed by atoms with Crippen molar-refractivity contribution >= 4 is 39.2 Å². The van der Waals surface area contributed by atoms with Crippen molar-refractivity contribution in [1.29, 1.82) is 0 Å². The third-order valence-corrected chi connectivity index (χ3v) is 8.92. The first-order chi connectivity index (χ1) is 15.6. The van der Waals surface area contributed by atoms with Crippen LogP contribution in [0.5, 0.6) is 0 Å². The van der Waals surface area contributed by atoms with E-state index in [-0.39, 0.29) is 17.5 Å². The van der Waals surface area contributed by atoms with Crippen molar-refractivity contribution in [1.82, 2.24) is 19.8 Å². The van der Waals surface area contributed by atoms with Crippen LogP contribution in [0.2, 0.25) is 0 Å². The molecule has 2 aromatic heterocycles. The number of aromatic nitrogens is 2. The van der Waals surface area contributed by atoms with Crippen LogP contribution in [0.4, 0.5) is 0 Å². The van der Waals surface area contributed by atoms with Crippen LogP contribution in [0.25, 0.3) is 10.2 Å². The van der Waals surface area contributed by atoms with Gasteiger partial charge >= 0.3 is 0 Å². The molecule has 4 rings (SSSR count). The molecular formula is C24H36N4O2S2. The van der Waals surface area contributed by atoms with Gasteiger partial charge in [-0.1, -0.05) is 38.5 Å². The number of aryl methyl sites for hydroxylation is 2. The van der Waals surface area contributed by atoms with Crippen LogP contribution < -0.4 is 10.9 Å². The number of carbonyl (C=O) groups is 1. The highest BCUT2D eigenvalue weighted by molar-refractivity contribution is 7.99. The highest BCUT2D eigenvalue weighted by Crippen LogP contribution is 2.34. The summed E-state index contributed by atoms with van der Waals surface area (Å²) in [7, 11) is 0. The standard InChI is InChI=1S/C24H36N4O2S2/c1-3-5-8-13-28-23(30)21-18-9-6-7-10-19(18)32-22(21)26-24(28)31-16-20(29)25-17-11-14-27(4-2)15-12-17/h17H,3-16H2,1-2H3,(H,25,29). The summed E-state index contributed by atoms with van der Waals surface area (Å²) in [6.07, 6.45) is 9.60. The molecule has 2 aromatic rings. The minimum absolute atomic E-state index is 0.0462. The van der Waals surface area contributed by atoms with E-state index in [4.69, 9.17) is 4.98 Å². The average Bonchev–Trinajstić information content (AvgIpc) is 3.18. The molecule has 3 heterocycles. The number of hydrogen-bond donors (Lipinski definition) is 1. The number of thioether (sulfide) groups is 1. The van der Waals surface area contributed by atoms with Crippen molar-refractivity contribution in [3.8, 4) is 0 Å². The van der Waals surface area contributed by atoms with Crippen LogP contribution in [0.3, 0.4) is 0 Å². The normalized spacial score (nSPS) is 17.6. The first kappa shape index (κ1) is 23.8. The fourth-order valence-electron chi connectivity index (χ4n) is 4.84. The smallest absolute Gasteiger partial charge is 0.263 e. The topological polar surface area (TPSA) is 67.2 Å². The van der Waals surface area contributed by atoms with Crippen LogP contribution in [0.1, 0.15) is 69.2 Å². The van der Waals surface area contributed by atoms with E-state index in [1.165, 1.54) is 28.6 Å². The third kappa shape index (κ3) is 5.39. The van der Waals surface area contributed by atoms with E-state index in [9.17, 15) is 9.59 Å². The van der Waals surface area contributed by atoms with Gasteiger partial charge in [0.25, 0.3) is 5.56 Å². The van der Waals surface area contributed by atoms with E-state index in [1.807, 2.05) is 4.57 Å². The van der Waals surface area contributed by atoms with Gasteiger partial charge in [0.1, 0.15) is 4.83 Å². The number of rotatable bonds is 9. The maximum atomic E-state index is 13.5. The molecule has 0 saturated carbocycles. The van der Waals surface area contributed by atoms with Crippen LogP contribution in [-0.4, -0.2) is 51.8 Å². The lowest BCUT2D eigenvalue weighted by Crippen LogP contribution is -2.45. The Morgan fingerprint density at radius 1 is 1.19 bits per heavy atom. The number of fused-ring (bicyclic) bond motifs is 3. The molecule has 2 aliphatic rings. The maximum absolute atomic E-state index is 13.5. The SMILES string of the molecule is CCCCCn1c(SCC(=O)NC2CCN(CC)CC2)nc2sc3c(c2c1=O)CCCC3. The summed E-state index contributed by atoms with van der Waals surface area (Å²) in [6, 6.07) is 0.261. The molecule has 32 heavy (non-hydrogen) atoms. The lowest BCUT2D eigenvalue weighted by Gasteiger charge is -2.31. The summed E-state index contributed by atoms with van der Waals surface area (Å²) < 4.78 is 1.84. The molecule has 1 fully saturated rings. The van der Waals surface area contributed by atoms with Crippen LogP contribution in [0, 0.1) is 0 Å². The van der Waals surface area contributed by atoms with Crippen molar-refractivity contribution in [2.75, 3.05) is 25.4 Å². The number of amides is 1. The number of unbranched alkanes of at least 4 members (excludes halogenated alkanes) is 2. The van der Waals surface area contributed by atoms with Gasteiger partial charge in [-0.15, -0.1) is 11.3 Å². The van der Waals surface area contributed by atoms with Gasteiger partial charge < -0.3 is 10.2 Å². The zero-order chi connectivity index (χ0) is 22.5. The largest absolute Gasteiger partial charge is 0.353 e. The number of hydrogen-bond acceptors (Lipinski definition) is 6. The monoisotopic (exact) mass is 476 g/mol. The molecule has 8 heteroatoms. The number of likely N-dealkylation sites (tertiary alicyclic amines) is 1. The summed E-state index contributed by atoms with van der Waals surface area (Å²) in [5.41, 5.74) is 1.34. The summed E-state index contributed by atoms with van der Waals surface area (Å²) in [6.45, 7) is 8.21. The molecule has 176 valence electrons. The molecule has 0 unspecified atom stereocenters. The van der Waals surface area contributed by atoms with E-state index >= 15 is 0 Å². The van der Waals surface area contributed by atoms with Gasteiger partial charge in [-0.25, -0.2) is 4.98 Å². The van der Waals surface area contributed by atoms with E-state index in [0.717, 1.165) is 81.2 Å². The van der Waals surface area contributed by atoms with E-state index in [2.05, 4.69) is 24.1 Å². The highest BCUT2D eigenvalue weighted by atomic mass is 32.2. The number of piperidine rings is 1. The van der Waals surface area contributed by atoms with Crippen molar-refractivity contribution in [3.63, 3.8) is 0 Å². The molecule has 1 saturated heterocycles. The predicted molar refractivity (Wildman–Crippen MR) is 134 cm³/mol. The summed E-state index contributed by atoms with van der Waals surface area (Å²) in [4.78, 5) is 35.7. The summed E-state index contributed by atoms with van der Waals surface area (Å²) in [5.74, 6) is 0.357. The number of nitrogens with zero attached hydrogens (tertiary/aromatic N) is 3. The summed E-state index contributed by atoms with van der Waals surface area (Å²) >= 11 is 3.10. The number of thiophene rings is 1. The summed E-state index contributed by atoms with van der Waals surface area (Å²) in [5, 5.41) is 4.75. The fourth-order valence-corrected chi connectivity index (χ4v) is 6.98. The van der Waals surface area contributed by atoms with E-state index in [0.29, 0.717) is 17.5 Å². The van der Waals surface area contributed by atoms with Gasteiger partial charge in [0.05, 0.1) is 11.1 Å². The minimum atomic E-state index is 0.0462. The quantitative estimate of drug-likeness (QED) is 0.333. The Morgan fingerprint density at radius 3 is 2.72 bits per heavy atom. The molecule has 0 aromatic carbocycles. The predicted octanol–water partition coefficient (Wildman–Crippen LogP) is 4.22. The molecule has 0 spiro atoms. The molecule has 0 atom stereocenters. The van der Waals surface area contributed by atoms with Gasteiger partial charge in [0.2, 0.25) is 5.91 Å². The third-order valence-electron chi connectivity index (χ3n) is 6.76. The molecule has 0 radical (unpaired) electrons. The zero-order valence-corrected chi connectivity index (χ0v) is 21.1. The number of nitrogens with one attached hydrogen (secondary N) is 1. The second kappa shape index (κ2) is 11.2. The van der Waals surface area contributed by atoms with Gasteiger partial charge in [0, 0.05) is 30.6 Å². The number of carbonyl (C=O) groups excluding carboxylic acids is 1. The Balaban J connectivity index is 1.49. The van der Waals surface area contributed by atoms with Crippen molar-refractivity contribution in [3.05, 3.63) is 20.8 Å². The Labute approximate surface area is 199 Å². The second-order valence-electron chi connectivity index (χ2n) is 9.01. The van der Waals surface area contributed by atoms with Gasteiger partial charge in [-0.3, -0.25) is 14.2 Å². The molecule has 1 aliphatic heterocycles. The molecule has 6 nitrogen and oxygen atoms in total. The average molecular weight is 477 g/mol. The van der Waals surface area contributed by atoms with Crippen LogP contribution >= 0.6 is 23.1 Å². The first-order valence-electron chi connectivity index (χ1n) is 12.3. The minimum Gasteiger partial charge on any atom is -0.353 e. The lowest BCUT2D eigenvalue weighted by molar-refractivity contribution is -0.119. The Morgan fingerprint density at radius 2 is 1.97 bits per heavy atom. The molecule has 0 bridgehead atoms. The van der Waals surface area contributed by atoms with E-state index < -0.39 is 0 Å². The van der Waals surface area contributed by atoms with Gasteiger partial charge in [-0.05, 0) is 57.1 Å². The van der Waals surface area contributed by atoms with Crippen molar-refractivity contribution < 1.29 is 4.79 Å². The zero-order valence-electron chi connectivity index (χ0n) is 19.5. The van der Waals surface area contributed by atoms with Gasteiger partial charge in [-0.2, -0.15) is 0 Å². The van der Waals surface area contributed by atoms with Crippen molar-refractivity contribution in [2.24, 2.45) is 0 Å². The van der Waals surface area contributed by atoms with Crippen LogP contribution in [0.15, 0.2) is 9.95 Å². The van der Waals surface area contributed by atoms with Crippen molar-refractivity contribution in [2.45, 2.75) is 89.4 Å². The fraction of sp³-hybridized carbons (Fsp3) is 0.708. The lowest BCUT2D eigenvalue weighted by atomic mass is 9.97. The van der Waals surface area contributed by atoms with Gasteiger partial charge in [0.15, 0.2) is 5.16 Å². The Kier molecular flexibility index (Phi) is 8.29. The second-order valence-corrected chi connectivity index (χ2v) is 11.0. The highest BCUT2D eigenvalue weighted by Gasteiger charge is 2.23. The van der Waals surface area contributed by atoms with Crippen LogP contribution in [-0.2, 0) is 24.2 Å². The van der Waals surface area contributed by atoms with E-state index in [1.54, 1.807) is 11.3 Å². The Hall–Kier alpha value is -1.38. The Bertz CT molecular complexity index is 992. The molecule has 1 amide bonds. The first-order valence-corrected chi connectivity index (χ1v) is 14.1. The molecular weight excluding hydrogens is 440 g/mol.